The van der Waals surface area contributed by atoms with Crippen molar-refractivity contribution in [3.8, 4) is 11.5 Å². The molecule has 0 saturated carbocycles. The van der Waals surface area contributed by atoms with Crippen LogP contribution in [0.5, 0.6) is 11.5 Å². The highest BCUT2D eigenvalue weighted by atomic mass is 16.5. The molecule has 0 amide bonds. The van der Waals surface area contributed by atoms with Crippen LogP contribution in [0.2, 0.25) is 0 Å². The Morgan fingerprint density at radius 2 is 1.21 bits per heavy atom. The molecule has 0 aliphatic rings. The van der Waals surface area contributed by atoms with Crippen LogP contribution in [0.25, 0.3) is 0 Å². The van der Waals surface area contributed by atoms with Gasteiger partial charge in [-0.25, -0.2) is 0 Å². The van der Waals surface area contributed by atoms with Crippen LogP contribution in [0.4, 0.5) is 0 Å². The van der Waals surface area contributed by atoms with Gasteiger partial charge in [-0.1, -0.05) is 59.4 Å². The van der Waals surface area contributed by atoms with Gasteiger partial charge in [0.1, 0.15) is 11.5 Å². The lowest BCUT2D eigenvalue weighted by Gasteiger charge is -2.26. The van der Waals surface area contributed by atoms with Crippen molar-refractivity contribution in [2.75, 3.05) is 48.4 Å². The van der Waals surface area contributed by atoms with Gasteiger partial charge in [-0.3, -0.25) is 0 Å². The molecule has 2 rings (SSSR count). The van der Waals surface area contributed by atoms with Crippen molar-refractivity contribution < 1.29 is 9.84 Å². The molecule has 0 fully saturated rings. The SMILES string of the molecule is C.CCC(c1cccc(O)c1)C(C)CN(C)C.CCC(c1cccc(OC)c1)C(C)CN(C)C. The predicted molar refractivity (Wildman–Crippen MR) is 149 cm³/mol. The van der Waals surface area contributed by atoms with Gasteiger partial charge in [0.2, 0.25) is 0 Å². The lowest BCUT2D eigenvalue weighted by Crippen LogP contribution is -2.24. The van der Waals surface area contributed by atoms with Gasteiger partial charge in [0, 0.05) is 13.1 Å². The van der Waals surface area contributed by atoms with Gasteiger partial charge < -0.3 is 19.6 Å². The van der Waals surface area contributed by atoms with Crippen LogP contribution in [-0.4, -0.2) is 63.3 Å². The molecule has 0 aliphatic carbocycles. The number of methoxy groups -OCH3 is 1. The van der Waals surface area contributed by atoms with Crippen LogP contribution < -0.4 is 4.74 Å². The molecule has 2 aromatic carbocycles. The summed E-state index contributed by atoms with van der Waals surface area (Å²) in [6, 6.07) is 16.1. The smallest absolute Gasteiger partial charge is 0.119 e. The van der Waals surface area contributed by atoms with Gasteiger partial charge in [-0.05, 0) is 100 Å². The van der Waals surface area contributed by atoms with E-state index in [1.165, 1.54) is 17.5 Å². The van der Waals surface area contributed by atoms with E-state index < -0.39 is 0 Å². The molecule has 4 unspecified atom stereocenters. The van der Waals surface area contributed by atoms with Crippen molar-refractivity contribution in [2.24, 2.45) is 11.8 Å². The Kier molecular flexibility index (Phi) is 15.6. The van der Waals surface area contributed by atoms with Crippen LogP contribution in [0.15, 0.2) is 48.5 Å². The largest absolute Gasteiger partial charge is 0.508 e. The summed E-state index contributed by atoms with van der Waals surface area (Å²) in [7, 11) is 10.2. The van der Waals surface area contributed by atoms with E-state index in [1.807, 2.05) is 18.2 Å². The fourth-order valence-corrected chi connectivity index (χ4v) is 4.97. The van der Waals surface area contributed by atoms with Crippen LogP contribution in [0.3, 0.4) is 0 Å². The number of nitrogens with zero attached hydrogens (tertiary/aromatic N) is 2. The number of phenolic OH excluding ortho intramolecular Hbond substituents is 1. The molecule has 4 nitrogen and oxygen atoms in total. The molecule has 2 aromatic rings. The Hall–Kier alpha value is -2.04. The molecule has 0 saturated heterocycles. The Morgan fingerprint density at radius 1 is 0.765 bits per heavy atom. The van der Waals surface area contributed by atoms with E-state index in [0.29, 0.717) is 29.4 Å². The number of rotatable bonds is 11. The van der Waals surface area contributed by atoms with Gasteiger partial charge in [0.25, 0.3) is 0 Å². The van der Waals surface area contributed by atoms with E-state index in [9.17, 15) is 5.11 Å². The molecule has 0 bridgehead atoms. The Bertz CT molecular complexity index is 791. The van der Waals surface area contributed by atoms with Crippen molar-refractivity contribution in [3.05, 3.63) is 59.7 Å². The number of benzene rings is 2. The van der Waals surface area contributed by atoms with Crippen LogP contribution in [-0.2, 0) is 0 Å². The van der Waals surface area contributed by atoms with E-state index in [1.54, 1.807) is 13.2 Å². The lowest BCUT2D eigenvalue weighted by molar-refractivity contribution is 0.301. The summed E-state index contributed by atoms with van der Waals surface area (Å²) in [4.78, 5) is 4.48. The summed E-state index contributed by atoms with van der Waals surface area (Å²) in [5, 5.41) is 9.51. The number of ether oxygens (including phenoxy) is 1. The average Bonchev–Trinajstić information content (AvgIpc) is 2.74. The van der Waals surface area contributed by atoms with E-state index in [-0.39, 0.29) is 7.43 Å². The van der Waals surface area contributed by atoms with Crippen molar-refractivity contribution in [3.63, 3.8) is 0 Å². The highest BCUT2D eigenvalue weighted by Crippen LogP contribution is 2.31. The summed E-state index contributed by atoms with van der Waals surface area (Å²) in [5.41, 5.74) is 2.64. The minimum absolute atomic E-state index is 0. The zero-order valence-corrected chi connectivity index (χ0v) is 22.5. The standard InChI is InChI=1S/C15H25NO.C14H23NO.CH4/c1-6-15(12(2)11-16(3)4)13-8-7-9-14(10-13)17-5;1-5-14(11(2)10-15(3)4)12-7-6-8-13(16)9-12;/h7-10,12,15H,6,11H2,1-5H3;6-9,11,14,16H,5,10H2,1-4H3;1H4. The lowest BCUT2D eigenvalue weighted by atomic mass is 9.85. The zero-order chi connectivity index (χ0) is 25.0. The zero-order valence-electron chi connectivity index (χ0n) is 22.5. The molecule has 194 valence electrons. The van der Waals surface area contributed by atoms with Crippen molar-refractivity contribution in [1.82, 2.24) is 9.80 Å². The fraction of sp³-hybridized carbons (Fsp3) is 0.600. The minimum atomic E-state index is 0. The third kappa shape index (κ3) is 10.9. The number of aromatic hydroxyl groups is 1. The second-order valence-electron chi connectivity index (χ2n) is 9.88. The third-order valence-corrected chi connectivity index (χ3v) is 6.38. The summed E-state index contributed by atoms with van der Waals surface area (Å²) < 4.78 is 5.30. The average molecular weight is 473 g/mol. The molecule has 34 heavy (non-hydrogen) atoms. The van der Waals surface area contributed by atoms with E-state index >= 15 is 0 Å². The molecular formula is C30H52N2O2. The van der Waals surface area contributed by atoms with Gasteiger partial charge in [-0.15, -0.1) is 0 Å². The summed E-state index contributed by atoms with van der Waals surface area (Å²) in [6.45, 7) is 11.3. The second kappa shape index (κ2) is 16.6. The monoisotopic (exact) mass is 472 g/mol. The molecule has 4 heteroatoms. The van der Waals surface area contributed by atoms with Gasteiger partial charge in [0.15, 0.2) is 0 Å². The Balaban J connectivity index is 0.000000623. The maximum atomic E-state index is 9.51. The first-order valence-electron chi connectivity index (χ1n) is 12.3. The van der Waals surface area contributed by atoms with E-state index in [0.717, 1.165) is 25.3 Å². The van der Waals surface area contributed by atoms with Gasteiger partial charge >= 0.3 is 0 Å². The molecule has 4 atom stereocenters. The number of hydrogen-bond acceptors (Lipinski definition) is 4. The first kappa shape index (κ1) is 32.0. The second-order valence-corrected chi connectivity index (χ2v) is 9.88. The molecule has 0 spiro atoms. The number of phenols is 1. The molecule has 0 aromatic heterocycles. The molecule has 0 aliphatic heterocycles. The van der Waals surface area contributed by atoms with Crippen LogP contribution in [0.1, 0.15) is 70.9 Å². The van der Waals surface area contributed by atoms with Crippen molar-refractivity contribution in [1.29, 1.82) is 0 Å². The van der Waals surface area contributed by atoms with Crippen molar-refractivity contribution in [2.45, 2.75) is 59.8 Å². The quantitative estimate of drug-likeness (QED) is 0.378. The highest BCUT2D eigenvalue weighted by molar-refractivity contribution is 5.31. The van der Waals surface area contributed by atoms with E-state index in [4.69, 9.17) is 4.74 Å². The predicted octanol–water partition coefficient (Wildman–Crippen LogP) is 7.11. The summed E-state index contributed by atoms with van der Waals surface area (Å²) in [6.07, 6.45) is 2.28. The minimum Gasteiger partial charge on any atom is -0.508 e. The van der Waals surface area contributed by atoms with Gasteiger partial charge in [0.05, 0.1) is 7.11 Å². The Morgan fingerprint density at radius 3 is 1.59 bits per heavy atom. The van der Waals surface area contributed by atoms with Crippen LogP contribution in [0, 0.1) is 11.8 Å². The Labute approximate surface area is 210 Å². The first-order chi connectivity index (χ1) is 15.6. The van der Waals surface area contributed by atoms with Gasteiger partial charge in [-0.2, -0.15) is 0 Å². The summed E-state index contributed by atoms with van der Waals surface area (Å²) in [5.74, 6) is 3.71. The topological polar surface area (TPSA) is 35.9 Å². The molecule has 0 radical (unpaired) electrons. The molecule has 0 heterocycles. The summed E-state index contributed by atoms with van der Waals surface area (Å²) >= 11 is 0. The fourth-order valence-electron chi connectivity index (χ4n) is 4.97. The highest BCUT2D eigenvalue weighted by Gasteiger charge is 2.19. The maximum absolute atomic E-state index is 9.51. The van der Waals surface area contributed by atoms with Crippen molar-refractivity contribution >= 4 is 0 Å². The van der Waals surface area contributed by atoms with Crippen LogP contribution >= 0.6 is 0 Å². The molecule has 1 N–H and O–H groups in total. The first-order valence-corrected chi connectivity index (χ1v) is 12.3. The number of hydrogen-bond donors (Lipinski definition) is 1. The molecular weight excluding hydrogens is 420 g/mol. The normalized spacial score (nSPS) is 14.4. The third-order valence-electron chi connectivity index (χ3n) is 6.38. The van der Waals surface area contributed by atoms with E-state index in [2.05, 4.69) is 90.0 Å². The maximum Gasteiger partial charge on any atom is 0.119 e.